The molecule has 2 aliphatic rings. The Morgan fingerprint density at radius 2 is 2.21 bits per heavy atom. The van der Waals surface area contributed by atoms with Crippen molar-refractivity contribution in [2.45, 2.75) is 65.1 Å². The Morgan fingerprint density at radius 1 is 1.33 bits per heavy atom. The number of fused-ring (bicyclic) bond motifs is 4. The molecule has 1 aliphatic heterocycles. The van der Waals surface area contributed by atoms with E-state index in [-0.39, 0.29) is 5.56 Å². The zero-order valence-corrected chi connectivity index (χ0v) is 20.6. The van der Waals surface area contributed by atoms with Gasteiger partial charge in [0.25, 0.3) is 5.56 Å². The molecule has 1 aromatic carbocycles. The van der Waals surface area contributed by atoms with Crippen LogP contribution < -0.4 is 15.0 Å². The van der Waals surface area contributed by atoms with Crippen LogP contribution in [0.4, 0.5) is 0 Å². The Labute approximate surface area is 199 Å². The number of hydrogen-bond acceptors (Lipinski definition) is 6. The predicted molar refractivity (Wildman–Crippen MR) is 133 cm³/mol. The van der Waals surface area contributed by atoms with Crippen LogP contribution in [-0.4, -0.2) is 40.8 Å². The van der Waals surface area contributed by atoms with Gasteiger partial charge in [-0.15, -0.1) is 11.3 Å². The van der Waals surface area contributed by atoms with Crippen molar-refractivity contribution in [2.24, 2.45) is 5.92 Å². The summed E-state index contributed by atoms with van der Waals surface area (Å²) in [5.41, 5.74) is 2.58. The second-order valence-corrected chi connectivity index (χ2v) is 10.7. The van der Waals surface area contributed by atoms with E-state index in [9.17, 15) is 4.79 Å². The van der Waals surface area contributed by atoms with Gasteiger partial charge in [0, 0.05) is 36.1 Å². The molecule has 0 saturated heterocycles. The molecule has 0 amide bonds. The Balaban J connectivity index is 1.41. The van der Waals surface area contributed by atoms with Crippen LogP contribution >= 0.6 is 11.3 Å². The van der Waals surface area contributed by atoms with Crippen LogP contribution in [0.15, 0.2) is 29.3 Å². The van der Waals surface area contributed by atoms with Gasteiger partial charge in [-0.3, -0.25) is 14.3 Å². The second-order valence-electron chi connectivity index (χ2n) is 9.63. The number of benzene rings is 1. The molecular formula is C26H33N3O3S. The van der Waals surface area contributed by atoms with Crippen LogP contribution in [0.2, 0.25) is 0 Å². The Morgan fingerprint density at radius 3 is 3.03 bits per heavy atom. The molecule has 2 aromatic heterocycles. The number of rotatable bonds is 5. The minimum atomic E-state index is 0.140. The number of ether oxygens (including phenoxy) is 2. The monoisotopic (exact) mass is 467 g/mol. The van der Waals surface area contributed by atoms with Crippen molar-refractivity contribution in [3.05, 3.63) is 50.9 Å². The summed E-state index contributed by atoms with van der Waals surface area (Å²) in [5, 5.41) is 0.871. The normalized spacial score (nSPS) is 19.0. The van der Waals surface area contributed by atoms with Crippen LogP contribution in [0, 0.1) is 5.92 Å². The maximum Gasteiger partial charge on any atom is 0.262 e. The number of hydrogen-bond donors (Lipinski definition) is 0. The molecule has 3 heterocycles. The minimum absolute atomic E-state index is 0.140. The van der Waals surface area contributed by atoms with Crippen LogP contribution in [0.3, 0.4) is 0 Å². The zero-order chi connectivity index (χ0) is 22.9. The molecule has 0 N–H and O–H groups in total. The molecule has 0 radical (unpaired) electrons. The minimum Gasteiger partial charge on any atom is -0.493 e. The number of thiophene rings is 1. The molecule has 1 aliphatic carbocycles. The van der Waals surface area contributed by atoms with E-state index in [0.717, 1.165) is 73.5 Å². The lowest BCUT2D eigenvalue weighted by molar-refractivity contribution is 0.143. The van der Waals surface area contributed by atoms with Gasteiger partial charge in [0.2, 0.25) is 0 Å². The number of para-hydroxylation sites is 1. The molecule has 176 valence electrons. The number of aryl methyl sites for hydroxylation is 2. The maximum absolute atomic E-state index is 13.2. The SMILES string of the molecule is COc1cccc2c1OCCCN(C1CCc3c(sc4ncn(CCC(C)C)c(=O)c34)C1)C2. The number of aromatic nitrogens is 2. The average molecular weight is 468 g/mol. The smallest absolute Gasteiger partial charge is 0.262 e. The number of methoxy groups -OCH3 is 1. The average Bonchev–Trinajstić information content (AvgIpc) is 3.17. The van der Waals surface area contributed by atoms with E-state index < -0.39 is 0 Å². The van der Waals surface area contributed by atoms with Gasteiger partial charge in [0.15, 0.2) is 11.5 Å². The van der Waals surface area contributed by atoms with Crippen molar-refractivity contribution in [1.29, 1.82) is 0 Å². The van der Waals surface area contributed by atoms with Crippen LogP contribution in [0.5, 0.6) is 11.5 Å². The molecule has 5 rings (SSSR count). The van der Waals surface area contributed by atoms with Crippen molar-refractivity contribution in [2.75, 3.05) is 20.3 Å². The molecule has 3 aromatic rings. The Kier molecular flexibility index (Phi) is 6.43. The van der Waals surface area contributed by atoms with E-state index in [1.54, 1.807) is 24.8 Å². The van der Waals surface area contributed by atoms with Crippen molar-refractivity contribution in [3.8, 4) is 11.5 Å². The van der Waals surface area contributed by atoms with Gasteiger partial charge in [-0.1, -0.05) is 26.0 Å². The van der Waals surface area contributed by atoms with Crippen molar-refractivity contribution < 1.29 is 9.47 Å². The van der Waals surface area contributed by atoms with Crippen molar-refractivity contribution >= 4 is 21.6 Å². The Bertz CT molecular complexity index is 1200. The first-order valence-corrected chi connectivity index (χ1v) is 12.9. The van der Waals surface area contributed by atoms with Crippen LogP contribution in [-0.2, 0) is 25.9 Å². The first-order chi connectivity index (χ1) is 16.0. The van der Waals surface area contributed by atoms with E-state index in [0.29, 0.717) is 18.6 Å². The summed E-state index contributed by atoms with van der Waals surface area (Å²) in [6, 6.07) is 6.62. The van der Waals surface area contributed by atoms with Crippen molar-refractivity contribution in [3.63, 3.8) is 0 Å². The highest BCUT2D eigenvalue weighted by atomic mass is 32.1. The van der Waals surface area contributed by atoms with Gasteiger partial charge in [0.05, 0.1) is 25.4 Å². The maximum atomic E-state index is 13.2. The molecule has 0 spiro atoms. The standard InChI is InChI=1S/C26H33N3O3S/c1-17(2)10-12-29-16-27-25-23(26(29)30)20-9-8-19(14-22(20)33-25)28-11-5-13-32-24-18(15-28)6-4-7-21(24)31-3/h4,6-7,16-17,19H,5,8-15H2,1-3H3. The van der Waals surface area contributed by atoms with E-state index in [1.165, 1.54) is 16.0 Å². The van der Waals surface area contributed by atoms with Gasteiger partial charge in [0.1, 0.15) is 4.83 Å². The highest BCUT2D eigenvalue weighted by molar-refractivity contribution is 7.18. The second kappa shape index (κ2) is 9.47. The van der Waals surface area contributed by atoms with E-state index in [2.05, 4.69) is 29.8 Å². The van der Waals surface area contributed by atoms with E-state index >= 15 is 0 Å². The third-order valence-electron chi connectivity index (χ3n) is 6.96. The summed E-state index contributed by atoms with van der Waals surface area (Å²) in [4.78, 5) is 22.8. The highest BCUT2D eigenvalue weighted by Crippen LogP contribution is 2.38. The summed E-state index contributed by atoms with van der Waals surface area (Å²) in [6.07, 6.45) is 6.74. The highest BCUT2D eigenvalue weighted by Gasteiger charge is 2.30. The first-order valence-electron chi connectivity index (χ1n) is 12.1. The largest absolute Gasteiger partial charge is 0.493 e. The third kappa shape index (κ3) is 4.41. The van der Waals surface area contributed by atoms with Gasteiger partial charge < -0.3 is 9.47 Å². The number of nitrogens with zero attached hydrogens (tertiary/aromatic N) is 3. The molecule has 33 heavy (non-hydrogen) atoms. The van der Waals surface area contributed by atoms with Gasteiger partial charge in [-0.25, -0.2) is 4.98 Å². The topological polar surface area (TPSA) is 56.6 Å². The Hall–Kier alpha value is -2.38. The quantitative estimate of drug-likeness (QED) is 0.547. The molecule has 6 nitrogen and oxygen atoms in total. The first kappa shape index (κ1) is 22.4. The lowest BCUT2D eigenvalue weighted by atomic mass is 9.91. The zero-order valence-electron chi connectivity index (χ0n) is 19.8. The van der Waals surface area contributed by atoms with Crippen LogP contribution in [0.25, 0.3) is 10.2 Å². The molecule has 1 atom stereocenters. The van der Waals surface area contributed by atoms with E-state index in [4.69, 9.17) is 9.47 Å². The fourth-order valence-electron chi connectivity index (χ4n) is 5.11. The molecule has 1 unspecified atom stereocenters. The van der Waals surface area contributed by atoms with Crippen molar-refractivity contribution in [1.82, 2.24) is 14.5 Å². The predicted octanol–water partition coefficient (Wildman–Crippen LogP) is 4.65. The summed E-state index contributed by atoms with van der Waals surface area (Å²) in [7, 11) is 1.70. The lowest BCUT2D eigenvalue weighted by Crippen LogP contribution is -2.40. The van der Waals surface area contributed by atoms with Crippen LogP contribution in [0.1, 0.15) is 49.1 Å². The molecule has 0 fully saturated rings. The summed E-state index contributed by atoms with van der Waals surface area (Å²) in [6.45, 7) is 7.69. The lowest BCUT2D eigenvalue weighted by Gasteiger charge is -2.36. The summed E-state index contributed by atoms with van der Waals surface area (Å²) in [5.74, 6) is 2.26. The fourth-order valence-corrected chi connectivity index (χ4v) is 6.36. The summed E-state index contributed by atoms with van der Waals surface area (Å²) < 4.78 is 13.4. The molecule has 7 heteroatoms. The molecule has 0 bridgehead atoms. The summed E-state index contributed by atoms with van der Waals surface area (Å²) >= 11 is 1.72. The third-order valence-corrected chi connectivity index (χ3v) is 8.13. The van der Waals surface area contributed by atoms with E-state index in [1.807, 2.05) is 16.7 Å². The molecular weight excluding hydrogens is 434 g/mol. The van der Waals surface area contributed by atoms with Gasteiger partial charge >= 0.3 is 0 Å². The fraction of sp³-hybridized carbons (Fsp3) is 0.538. The van der Waals surface area contributed by atoms with Gasteiger partial charge in [-0.2, -0.15) is 0 Å². The van der Waals surface area contributed by atoms with Gasteiger partial charge in [-0.05, 0) is 49.7 Å². The molecule has 0 saturated carbocycles.